The summed E-state index contributed by atoms with van der Waals surface area (Å²) in [4.78, 5) is 4.24. The van der Waals surface area contributed by atoms with Crippen LogP contribution >= 0.6 is 0 Å². The molecule has 0 aliphatic heterocycles. The Kier molecular flexibility index (Phi) is 3.71. The van der Waals surface area contributed by atoms with E-state index in [1.807, 2.05) is 0 Å². The summed E-state index contributed by atoms with van der Waals surface area (Å²) >= 11 is 0. The number of ether oxygens (including phenoxy) is 2. The maximum absolute atomic E-state index is 5.88. The van der Waals surface area contributed by atoms with E-state index < -0.39 is 0 Å². The van der Waals surface area contributed by atoms with Crippen molar-refractivity contribution < 1.29 is 9.47 Å². The maximum atomic E-state index is 5.88. The summed E-state index contributed by atoms with van der Waals surface area (Å²) in [6.45, 7) is 2.27. The molecule has 0 bridgehead atoms. The molecule has 4 nitrogen and oxygen atoms in total. The van der Waals surface area contributed by atoms with Crippen molar-refractivity contribution in [2.75, 3.05) is 12.8 Å². The van der Waals surface area contributed by atoms with Crippen LogP contribution in [0, 0.1) is 5.92 Å². The van der Waals surface area contributed by atoms with Crippen LogP contribution in [0.5, 0.6) is 11.8 Å². The molecule has 1 aromatic heterocycles. The Hall–Kier alpha value is -1.45. The van der Waals surface area contributed by atoms with Crippen molar-refractivity contribution >= 4 is 5.69 Å². The Labute approximate surface area is 102 Å². The number of nitrogens with two attached hydrogens (primary N) is 1. The highest BCUT2D eigenvalue weighted by atomic mass is 16.5. The van der Waals surface area contributed by atoms with Gasteiger partial charge in [0.25, 0.3) is 0 Å². The molecule has 1 fully saturated rings. The zero-order chi connectivity index (χ0) is 12.3. The van der Waals surface area contributed by atoms with Gasteiger partial charge in [0.2, 0.25) is 11.8 Å². The summed E-state index contributed by atoms with van der Waals surface area (Å²) in [5.74, 6) is 1.78. The number of hydrogen-bond donors (Lipinski definition) is 1. The van der Waals surface area contributed by atoms with E-state index in [1.165, 1.54) is 12.8 Å². The second kappa shape index (κ2) is 5.25. The van der Waals surface area contributed by atoms with Crippen molar-refractivity contribution in [1.29, 1.82) is 0 Å². The zero-order valence-electron chi connectivity index (χ0n) is 10.5. The fourth-order valence-electron chi connectivity index (χ4n) is 2.32. The first kappa shape index (κ1) is 12.0. The molecule has 2 atom stereocenters. The van der Waals surface area contributed by atoms with Gasteiger partial charge in [0.05, 0.1) is 12.8 Å². The molecule has 2 N–H and O–H groups in total. The van der Waals surface area contributed by atoms with Gasteiger partial charge in [-0.2, -0.15) is 4.98 Å². The Morgan fingerprint density at radius 3 is 2.88 bits per heavy atom. The first-order valence-corrected chi connectivity index (χ1v) is 6.16. The van der Waals surface area contributed by atoms with Gasteiger partial charge in [-0.1, -0.05) is 13.3 Å². The summed E-state index contributed by atoms with van der Waals surface area (Å²) < 4.78 is 11.0. The summed E-state index contributed by atoms with van der Waals surface area (Å²) in [6.07, 6.45) is 5.03. The van der Waals surface area contributed by atoms with E-state index in [0.717, 1.165) is 18.8 Å². The highest BCUT2D eigenvalue weighted by molar-refractivity contribution is 5.49. The van der Waals surface area contributed by atoms with Crippen molar-refractivity contribution in [3.63, 3.8) is 0 Å². The Morgan fingerprint density at radius 2 is 2.18 bits per heavy atom. The van der Waals surface area contributed by atoms with E-state index in [2.05, 4.69) is 11.9 Å². The Balaban J connectivity index is 2.02. The molecule has 1 heterocycles. The minimum atomic E-state index is 0.277. The van der Waals surface area contributed by atoms with Crippen molar-refractivity contribution in [2.24, 2.45) is 5.92 Å². The number of aromatic nitrogens is 1. The van der Waals surface area contributed by atoms with Crippen molar-refractivity contribution in [3.05, 3.63) is 12.1 Å². The van der Waals surface area contributed by atoms with Gasteiger partial charge in [-0.15, -0.1) is 0 Å². The molecule has 0 amide bonds. The minimum absolute atomic E-state index is 0.277. The lowest BCUT2D eigenvalue weighted by Gasteiger charge is -2.27. The Morgan fingerprint density at radius 1 is 1.35 bits per heavy atom. The second-order valence-corrected chi connectivity index (χ2v) is 4.76. The number of pyridine rings is 1. The molecule has 1 aliphatic carbocycles. The van der Waals surface area contributed by atoms with Gasteiger partial charge >= 0.3 is 0 Å². The minimum Gasteiger partial charge on any atom is -0.479 e. The lowest BCUT2D eigenvalue weighted by atomic mass is 9.89. The van der Waals surface area contributed by atoms with Gasteiger partial charge in [-0.3, -0.25) is 0 Å². The monoisotopic (exact) mass is 236 g/mol. The molecule has 1 aromatic rings. The van der Waals surface area contributed by atoms with Crippen LogP contribution in [0.25, 0.3) is 0 Å². The zero-order valence-corrected chi connectivity index (χ0v) is 10.5. The van der Waals surface area contributed by atoms with Gasteiger partial charge in [0.1, 0.15) is 6.10 Å². The number of methoxy groups -OCH3 is 1. The van der Waals surface area contributed by atoms with Crippen LogP contribution in [0.2, 0.25) is 0 Å². The topological polar surface area (TPSA) is 57.4 Å². The van der Waals surface area contributed by atoms with Crippen molar-refractivity contribution in [2.45, 2.75) is 38.7 Å². The van der Waals surface area contributed by atoms with Crippen LogP contribution in [0.4, 0.5) is 5.69 Å². The molecular weight excluding hydrogens is 216 g/mol. The fourth-order valence-corrected chi connectivity index (χ4v) is 2.32. The molecule has 4 heteroatoms. The number of anilines is 1. The number of hydrogen-bond acceptors (Lipinski definition) is 4. The molecule has 0 aromatic carbocycles. The molecule has 94 valence electrons. The molecule has 0 saturated heterocycles. The summed E-state index contributed by atoms with van der Waals surface area (Å²) in [6, 6.07) is 3.57. The van der Waals surface area contributed by atoms with Crippen LogP contribution in [0.3, 0.4) is 0 Å². The quantitative estimate of drug-likeness (QED) is 0.876. The van der Waals surface area contributed by atoms with E-state index in [-0.39, 0.29) is 6.10 Å². The first-order valence-electron chi connectivity index (χ1n) is 6.16. The van der Waals surface area contributed by atoms with Crippen LogP contribution < -0.4 is 15.2 Å². The van der Waals surface area contributed by atoms with E-state index in [0.29, 0.717) is 17.4 Å². The third kappa shape index (κ3) is 3.02. The number of nitrogens with zero attached hydrogens (tertiary/aromatic N) is 1. The largest absolute Gasteiger partial charge is 0.479 e. The molecule has 0 spiro atoms. The SMILES string of the molecule is COc1nc(OC2CCCC(C)C2)ccc1N. The molecular formula is C13H20N2O2. The highest BCUT2D eigenvalue weighted by Crippen LogP contribution is 2.28. The molecule has 1 saturated carbocycles. The van der Waals surface area contributed by atoms with Crippen molar-refractivity contribution in [3.8, 4) is 11.8 Å². The predicted octanol–water partition coefficient (Wildman–Crippen LogP) is 2.63. The third-order valence-electron chi connectivity index (χ3n) is 3.23. The third-order valence-corrected chi connectivity index (χ3v) is 3.23. The van der Waals surface area contributed by atoms with E-state index >= 15 is 0 Å². The van der Waals surface area contributed by atoms with Crippen LogP contribution in [0.15, 0.2) is 12.1 Å². The summed E-state index contributed by atoms with van der Waals surface area (Å²) in [5.41, 5.74) is 6.25. The maximum Gasteiger partial charge on any atom is 0.240 e. The van der Waals surface area contributed by atoms with Gasteiger partial charge in [0.15, 0.2) is 0 Å². The van der Waals surface area contributed by atoms with E-state index in [1.54, 1.807) is 19.2 Å². The van der Waals surface area contributed by atoms with Crippen molar-refractivity contribution in [1.82, 2.24) is 4.98 Å². The number of rotatable bonds is 3. The van der Waals surface area contributed by atoms with E-state index in [9.17, 15) is 0 Å². The standard InChI is InChI=1S/C13H20N2O2/c1-9-4-3-5-10(8-9)17-12-7-6-11(14)13(15-12)16-2/h6-7,9-10H,3-5,8,14H2,1-2H3. The van der Waals surface area contributed by atoms with Gasteiger partial charge < -0.3 is 15.2 Å². The highest BCUT2D eigenvalue weighted by Gasteiger charge is 2.20. The fraction of sp³-hybridized carbons (Fsp3) is 0.615. The van der Waals surface area contributed by atoms with Crippen LogP contribution in [-0.4, -0.2) is 18.2 Å². The summed E-state index contributed by atoms with van der Waals surface area (Å²) in [5, 5.41) is 0. The smallest absolute Gasteiger partial charge is 0.240 e. The predicted molar refractivity (Wildman–Crippen MR) is 67.2 cm³/mol. The second-order valence-electron chi connectivity index (χ2n) is 4.76. The molecule has 2 rings (SSSR count). The lowest BCUT2D eigenvalue weighted by Crippen LogP contribution is -2.24. The molecule has 17 heavy (non-hydrogen) atoms. The van der Waals surface area contributed by atoms with Gasteiger partial charge in [-0.05, 0) is 31.2 Å². The molecule has 0 radical (unpaired) electrons. The van der Waals surface area contributed by atoms with Gasteiger partial charge in [-0.25, -0.2) is 0 Å². The average Bonchev–Trinajstić information content (AvgIpc) is 2.32. The average molecular weight is 236 g/mol. The molecule has 2 unspecified atom stereocenters. The first-order chi connectivity index (χ1) is 8.19. The normalized spacial score (nSPS) is 24.4. The Bertz CT molecular complexity index is 382. The van der Waals surface area contributed by atoms with Gasteiger partial charge in [0, 0.05) is 6.07 Å². The van der Waals surface area contributed by atoms with Crippen LogP contribution in [0.1, 0.15) is 32.6 Å². The summed E-state index contributed by atoms with van der Waals surface area (Å²) in [7, 11) is 1.56. The lowest BCUT2D eigenvalue weighted by molar-refractivity contribution is 0.123. The van der Waals surface area contributed by atoms with Crippen LogP contribution in [-0.2, 0) is 0 Å². The molecule has 1 aliphatic rings. The van der Waals surface area contributed by atoms with E-state index in [4.69, 9.17) is 15.2 Å². The number of nitrogen functional groups attached to an aromatic ring is 1.